The Morgan fingerprint density at radius 3 is 2.85 bits per heavy atom. The van der Waals surface area contributed by atoms with E-state index in [0.717, 1.165) is 22.4 Å². The molecule has 0 spiro atoms. The van der Waals surface area contributed by atoms with E-state index in [1.807, 2.05) is 36.4 Å². The van der Waals surface area contributed by atoms with Gasteiger partial charge in [0.15, 0.2) is 0 Å². The molecule has 0 saturated heterocycles. The minimum absolute atomic E-state index is 0.635. The van der Waals surface area contributed by atoms with Crippen molar-refractivity contribution in [1.82, 2.24) is 10.3 Å². The van der Waals surface area contributed by atoms with E-state index in [0.29, 0.717) is 11.8 Å². The molecule has 0 bridgehead atoms. The maximum atomic E-state index is 5.78. The maximum Gasteiger partial charge on any atom is 0.219 e. The van der Waals surface area contributed by atoms with Crippen molar-refractivity contribution in [3.63, 3.8) is 0 Å². The Bertz CT molecular complexity index is 558. The fourth-order valence-corrected chi connectivity index (χ4v) is 2.29. The number of hydrogen-bond donors (Lipinski definition) is 1. The second kappa shape index (κ2) is 7.59. The summed E-state index contributed by atoms with van der Waals surface area (Å²) in [5, 5.41) is 3.42. The van der Waals surface area contributed by atoms with Gasteiger partial charge in [-0.1, -0.05) is 19.9 Å². The lowest BCUT2D eigenvalue weighted by Crippen LogP contribution is -2.18. The van der Waals surface area contributed by atoms with Crippen LogP contribution < -0.4 is 10.1 Å². The van der Waals surface area contributed by atoms with Crippen molar-refractivity contribution in [3.8, 4) is 11.6 Å². The van der Waals surface area contributed by atoms with Crippen LogP contribution in [-0.2, 0) is 6.54 Å². The topological polar surface area (TPSA) is 34.2 Å². The van der Waals surface area contributed by atoms with Crippen LogP contribution in [0.25, 0.3) is 0 Å². The molecule has 0 aliphatic heterocycles. The summed E-state index contributed by atoms with van der Waals surface area (Å²) in [4.78, 5) is 4.26. The van der Waals surface area contributed by atoms with Crippen molar-refractivity contribution in [3.05, 3.63) is 51.7 Å². The smallest absolute Gasteiger partial charge is 0.219 e. The van der Waals surface area contributed by atoms with E-state index < -0.39 is 0 Å². The molecule has 2 aromatic rings. The number of ether oxygens (including phenoxy) is 1. The van der Waals surface area contributed by atoms with Gasteiger partial charge in [0.05, 0.1) is 0 Å². The van der Waals surface area contributed by atoms with Crippen LogP contribution in [0.15, 0.2) is 42.6 Å². The summed E-state index contributed by atoms with van der Waals surface area (Å²) < 4.78 is 6.93. The number of rotatable bonds is 6. The van der Waals surface area contributed by atoms with Crippen LogP contribution in [-0.4, -0.2) is 11.5 Å². The van der Waals surface area contributed by atoms with Crippen molar-refractivity contribution in [2.24, 2.45) is 5.92 Å². The van der Waals surface area contributed by atoms with Crippen molar-refractivity contribution in [1.29, 1.82) is 0 Å². The van der Waals surface area contributed by atoms with Crippen molar-refractivity contribution in [2.75, 3.05) is 6.54 Å². The van der Waals surface area contributed by atoms with E-state index in [9.17, 15) is 0 Å². The molecule has 106 valence electrons. The predicted molar refractivity (Wildman–Crippen MR) is 90.0 cm³/mol. The molecule has 1 heterocycles. The van der Waals surface area contributed by atoms with E-state index in [4.69, 9.17) is 4.74 Å². The van der Waals surface area contributed by atoms with Crippen LogP contribution in [0.4, 0.5) is 0 Å². The summed E-state index contributed by atoms with van der Waals surface area (Å²) in [5.74, 6) is 2.10. The quantitative estimate of drug-likeness (QED) is 0.760. The number of hydrogen-bond acceptors (Lipinski definition) is 3. The summed E-state index contributed by atoms with van der Waals surface area (Å²) in [6, 6.07) is 11.9. The molecule has 0 amide bonds. The van der Waals surface area contributed by atoms with E-state index in [1.165, 1.54) is 5.56 Å². The minimum Gasteiger partial charge on any atom is -0.439 e. The number of nitrogens with one attached hydrogen (secondary N) is 1. The number of aromatic nitrogens is 1. The van der Waals surface area contributed by atoms with Crippen LogP contribution in [0.3, 0.4) is 0 Å². The third-order valence-electron chi connectivity index (χ3n) is 2.70. The number of pyridine rings is 1. The van der Waals surface area contributed by atoms with Crippen LogP contribution >= 0.6 is 22.6 Å². The summed E-state index contributed by atoms with van der Waals surface area (Å²) >= 11 is 2.27. The molecule has 2 rings (SSSR count). The first-order valence-corrected chi connectivity index (χ1v) is 7.80. The summed E-state index contributed by atoms with van der Waals surface area (Å²) in [7, 11) is 0. The number of halogens is 1. The average Bonchev–Trinajstić information content (AvgIpc) is 2.39. The molecule has 1 aromatic carbocycles. The first-order chi connectivity index (χ1) is 9.63. The molecule has 0 saturated carbocycles. The maximum absolute atomic E-state index is 5.78. The average molecular weight is 382 g/mol. The highest BCUT2D eigenvalue weighted by molar-refractivity contribution is 14.1. The van der Waals surface area contributed by atoms with Gasteiger partial charge in [0.25, 0.3) is 0 Å². The molecule has 0 radical (unpaired) electrons. The van der Waals surface area contributed by atoms with Gasteiger partial charge in [-0.15, -0.1) is 0 Å². The van der Waals surface area contributed by atoms with Gasteiger partial charge in [0.1, 0.15) is 5.75 Å². The Balaban J connectivity index is 1.99. The molecule has 0 fully saturated rings. The lowest BCUT2D eigenvalue weighted by Gasteiger charge is -2.09. The van der Waals surface area contributed by atoms with Crippen molar-refractivity contribution in [2.45, 2.75) is 20.4 Å². The summed E-state index contributed by atoms with van der Waals surface area (Å²) in [6.45, 7) is 6.25. The Morgan fingerprint density at radius 2 is 2.10 bits per heavy atom. The van der Waals surface area contributed by atoms with E-state index in [2.05, 4.69) is 46.7 Å². The van der Waals surface area contributed by atoms with Gasteiger partial charge in [-0.25, -0.2) is 4.98 Å². The third kappa shape index (κ3) is 5.09. The molecule has 3 nitrogen and oxygen atoms in total. The Kier molecular flexibility index (Phi) is 5.79. The highest BCUT2D eigenvalue weighted by Gasteiger charge is 2.01. The molecule has 20 heavy (non-hydrogen) atoms. The largest absolute Gasteiger partial charge is 0.439 e. The lowest BCUT2D eigenvalue weighted by molar-refractivity contribution is 0.461. The van der Waals surface area contributed by atoms with Gasteiger partial charge in [0.2, 0.25) is 5.88 Å². The molecule has 1 aromatic heterocycles. The summed E-state index contributed by atoms with van der Waals surface area (Å²) in [5.41, 5.74) is 1.18. The van der Waals surface area contributed by atoms with Crippen LogP contribution in [0.2, 0.25) is 0 Å². The zero-order valence-electron chi connectivity index (χ0n) is 11.8. The highest BCUT2D eigenvalue weighted by Crippen LogP contribution is 2.21. The van der Waals surface area contributed by atoms with Crippen LogP contribution in [0.5, 0.6) is 11.6 Å². The minimum atomic E-state index is 0.635. The van der Waals surface area contributed by atoms with Gasteiger partial charge in [-0.05, 0) is 64.9 Å². The molecular formula is C16H19IN2O. The molecule has 0 unspecified atom stereocenters. The predicted octanol–water partition coefficient (Wildman–Crippen LogP) is 4.22. The Morgan fingerprint density at radius 1 is 1.25 bits per heavy atom. The zero-order chi connectivity index (χ0) is 14.4. The third-order valence-corrected chi connectivity index (χ3v) is 3.37. The van der Waals surface area contributed by atoms with Crippen LogP contribution in [0.1, 0.15) is 19.4 Å². The molecule has 0 aliphatic rings. The number of benzene rings is 1. The van der Waals surface area contributed by atoms with E-state index in [-0.39, 0.29) is 0 Å². The standard InChI is InChI=1S/C16H19IN2O/c1-12(2)10-18-11-13-6-7-19-16(8-13)20-15-5-3-4-14(17)9-15/h3-9,12,18H,10-11H2,1-2H3. The summed E-state index contributed by atoms with van der Waals surface area (Å²) in [6.07, 6.45) is 1.79. The van der Waals surface area contributed by atoms with Gasteiger partial charge in [-0.3, -0.25) is 0 Å². The second-order valence-electron chi connectivity index (χ2n) is 5.09. The Hall–Kier alpha value is -1.14. The lowest BCUT2D eigenvalue weighted by atomic mass is 10.2. The highest BCUT2D eigenvalue weighted by atomic mass is 127. The molecule has 1 N–H and O–H groups in total. The Labute approximate surface area is 133 Å². The molecule has 0 atom stereocenters. The van der Waals surface area contributed by atoms with E-state index >= 15 is 0 Å². The van der Waals surface area contributed by atoms with Crippen LogP contribution in [0, 0.1) is 9.49 Å². The first-order valence-electron chi connectivity index (χ1n) is 6.72. The molecular weight excluding hydrogens is 363 g/mol. The second-order valence-corrected chi connectivity index (χ2v) is 6.33. The fourth-order valence-electron chi connectivity index (χ4n) is 1.77. The van der Waals surface area contributed by atoms with Crippen molar-refractivity contribution < 1.29 is 4.74 Å². The van der Waals surface area contributed by atoms with Crippen molar-refractivity contribution >= 4 is 22.6 Å². The molecule has 4 heteroatoms. The zero-order valence-corrected chi connectivity index (χ0v) is 13.9. The fraction of sp³-hybridized carbons (Fsp3) is 0.312. The van der Waals surface area contributed by atoms with E-state index in [1.54, 1.807) is 6.20 Å². The first kappa shape index (κ1) is 15.3. The van der Waals surface area contributed by atoms with Gasteiger partial charge >= 0.3 is 0 Å². The monoisotopic (exact) mass is 382 g/mol. The van der Waals surface area contributed by atoms with Gasteiger partial charge in [0, 0.05) is 22.4 Å². The number of nitrogens with zero attached hydrogens (tertiary/aromatic N) is 1. The van der Waals surface area contributed by atoms with Gasteiger partial charge in [-0.2, -0.15) is 0 Å². The SMILES string of the molecule is CC(C)CNCc1ccnc(Oc2cccc(I)c2)c1. The normalized spacial score (nSPS) is 10.8. The van der Waals surface area contributed by atoms with Gasteiger partial charge < -0.3 is 10.1 Å². The molecule has 0 aliphatic carbocycles.